The van der Waals surface area contributed by atoms with E-state index >= 15 is 0 Å². The lowest BCUT2D eigenvalue weighted by Gasteiger charge is -2.17. The molecule has 1 aliphatic heterocycles. The first kappa shape index (κ1) is 16.7. The Labute approximate surface area is 150 Å². The number of hydrogen-bond acceptors (Lipinski definition) is 2. The topological polar surface area (TPSA) is 49.4 Å². The van der Waals surface area contributed by atoms with Crippen LogP contribution in [0.25, 0.3) is 0 Å². The summed E-state index contributed by atoms with van der Waals surface area (Å²) in [5.41, 5.74) is 3.80. The summed E-state index contributed by atoms with van der Waals surface area (Å²) in [6, 6.07) is 13.5. The number of halogens is 1. The molecule has 5 heteroatoms. The van der Waals surface area contributed by atoms with Gasteiger partial charge < -0.3 is 10.2 Å². The molecule has 124 valence electrons. The van der Waals surface area contributed by atoms with Crippen molar-refractivity contribution in [3.8, 4) is 0 Å². The summed E-state index contributed by atoms with van der Waals surface area (Å²) >= 11 is 3.44. The zero-order valence-corrected chi connectivity index (χ0v) is 15.3. The third-order valence-corrected chi connectivity index (χ3v) is 5.16. The van der Waals surface area contributed by atoms with Gasteiger partial charge in [0.05, 0.1) is 5.92 Å². The Balaban J connectivity index is 1.69. The number of benzene rings is 2. The molecular formula is C19H19BrN2O2. The highest BCUT2D eigenvalue weighted by molar-refractivity contribution is 9.10. The number of nitrogens with one attached hydrogen (secondary N) is 1. The molecule has 2 aromatic carbocycles. The van der Waals surface area contributed by atoms with Crippen molar-refractivity contribution in [1.29, 1.82) is 0 Å². The predicted octanol–water partition coefficient (Wildman–Crippen LogP) is 4.06. The molecule has 1 heterocycles. The van der Waals surface area contributed by atoms with Crippen LogP contribution in [-0.4, -0.2) is 18.4 Å². The van der Waals surface area contributed by atoms with Gasteiger partial charge in [-0.1, -0.05) is 33.6 Å². The number of anilines is 2. The fourth-order valence-corrected chi connectivity index (χ4v) is 3.07. The fourth-order valence-electron chi connectivity index (χ4n) is 2.82. The molecule has 2 aromatic rings. The number of hydrogen-bond donors (Lipinski definition) is 1. The maximum atomic E-state index is 12.5. The van der Waals surface area contributed by atoms with E-state index in [0.29, 0.717) is 6.54 Å². The average molecular weight is 387 g/mol. The Morgan fingerprint density at radius 3 is 2.54 bits per heavy atom. The number of amides is 2. The summed E-state index contributed by atoms with van der Waals surface area (Å²) in [7, 11) is 0. The van der Waals surface area contributed by atoms with Crippen LogP contribution in [0, 0.1) is 19.8 Å². The average Bonchev–Trinajstić information content (AvgIpc) is 2.94. The Bertz CT molecular complexity index is 786. The van der Waals surface area contributed by atoms with Crippen molar-refractivity contribution in [2.45, 2.75) is 20.3 Å². The molecule has 0 spiro atoms. The van der Waals surface area contributed by atoms with Gasteiger partial charge in [0, 0.05) is 28.8 Å². The number of aryl methyl sites for hydroxylation is 2. The molecule has 0 aliphatic carbocycles. The molecule has 1 aliphatic rings. The largest absolute Gasteiger partial charge is 0.326 e. The lowest BCUT2D eigenvalue weighted by molar-refractivity contribution is -0.122. The van der Waals surface area contributed by atoms with Crippen LogP contribution in [0.5, 0.6) is 0 Å². The molecule has 2 amide bonds. The van der Waals surface area contributed by atoms with Gasteiger partial charge in [-0.2, -0.15) is 0 Å². The highest BCUT2D eigenvalue weighted by atomic mass is 79.9. The molecule has 0 unspecified atom stereocenters. The number of carbonyl (C=O) groups excluding carboxylic acids is 2. The molecule has 1 N–H and O–H groups in total. The standard InChI is InChI=1S/C19H19BrN2O2/c1-12-3-6-16(7-4-12)22-11-14(10-18(22)23)19(24)21-15-5-8-17(20)13(2)9-15/h3-9,14H,10-11H2,1-2H3,(H,21,24)/t14-/m0/s1. The SMILES string of the molecule is Cc1ccc(N2C[C@@H](C(=O)Nc3ccc(Br)c(C)c3)CC2=O)cc1. The second kappa shape index (κ2) is 6.77. The molecule has 24 heavy (non-hydrogen) atoms. The highest BCUT2D eigenvalue weighted by Crippen LogP contribution is 2.27. The molecule has 1 saturated heterocycles. The Morgan fingerprint density at radius 2 is 1.88 bits per heavy atom. The third kappa shape index (κ3) is 3.51. The van der Waals surface area contributed by atoms with E-state index in [2.05, 4.69) is 21.2 Å². The quantitative estimate of drug-likeness (QED) is 0.864. The van der Waals surface area contributed by atoms with Gasteiger partial charge >= 0.3 is 0 Å². The molecular weight excluding hydrogens is 368 g/mol. The molecule has 3 rings (SSSR count). The van der Waals surface area contributed by atoms with E-state index in [0.717, 1.165) is 27.0 Å². The van der Waals surface area contributed by atoms with Crippen molar-refractivity contribution in [2.75, 3.05) is 16.8 Å². The van der Waals surface area contributed by atoms with Gasteiger partial charge in [0.2, 0.25) is 11.8 Å². The minimum Gasteiger partial charge on any atom is -0.326 e. The zero-order valence-electron chi connectivity index (χ0n) is 13.7. The summed E-state index contributed by atoms with van der Waals surface area (Å²) in [4.78, 5) is 26.4. The summed E-state index contributed by atoms with van der Waals surface area (Å²) < 4.78 is 1.00. The van der Waals surface area contributed by atoms with Gasteiger partial charge in [0.1, 0.15) is 0 Å². The smallest absolute Gasteiger partial charge is 0.229 e. The monoisotopic (exact) mass is 386 g/mol. The highest BCUT2D eigenvalue weighted by Gasteiger charge is 2.35. The van der Waals surface area contributed by atoms with Gasteiger partial charge in [0.25, 0.3) is 0 Å². The minimum atomic E-state index is -0.331. The Kier molecular flexibility index (Phi) is 4.71. The first-order valence-electron chi connectivity index (χ1n) is 7.88. The second-order valence-electron chi connectivity index (χ2n) is 6.19. The molecule has 4 nitrogen and oxygen atoms in total. The minimum absolute atomic E-state index is 0.00834. The van der Waals surface area contributed by atoms with Crippen LogP contribution in [0.1, 0.15) is 17.5 Å². The summed E-state index contributed by atoms with van der Waals surface area (Å²) in [6.07, 6.45) is 0.245. The van der Waals surface area contributed by atoms with Crippen LogP contribution in [0.15, 0.2) is 46.9 Å². The first-order valence-corrected chi connectivity index (χ1v) is 8.67. The van der Waals surface area contributed by atoms with Gasteiger partial charge in [-0.05, 0) is 49.7 Å². The van der Waals surface area contributed by atoms with Crippen LogP contribution in [-0.2, 0) is 9.59 Å². The molecule has 1 fully saturated rings. The van der Waals surface area contributed by atoms with Crippen LogP contribution in [0.2, 0.25) is 0 Å². The van der Waals surface area contributed by atoms with E-state index in [-0.39, 0.29) is 24.2 Å². The van der Waals surface area contributed by atoms with Crippen molar-refractivity contribution in [3.05, 3.63) is 58.1 Å². The third-order valence-electron chi connectivity index (χ3n) is 4.27. The Hall–Kier alpha value is -2.14. The van der Waals surface area contributed by atoms with E-state index in [1.165, 1.54) is 0 Å². The van der Waals surface area contributed by atoms with E-state index < -0.39 is 0 Å². The fraction of sp³-hybridized carbons (Fsp3) is 0.263. The Morgan fingerprint density at radius 1 is 1.17 bits per heavy atom. The van der Waals surface area contributed by atoms with Crippen molar-refractivity contribution < 1.29 is 9.59 Å². The van der Waals surface area contributed by atoms with Gasteiger partial charge in [0.15, 0.2) is 0 Å². The lowest BCUT2D eigenvalue weighted by atomic mass is 10.1. The number of carbonyl (C=O) groups is 2. The van der Waals surface area contributed by atoms with Crippen molar-refractivity contribution in [1.82, 2.24) is 0 Å². The van der Waals surface area contributed by atoms with Crippen LogP contribution in [0.4, 0.5) is 11.4 Å². The molecule has 1 atom stereocenters. The molecule has 0 aromatic heterocycles. The van der Waals surface area contributed by atoms with E-state index in [1.54, 1.807) is 4.90 Å². The van der Waals surface area contributed by atoms with Crippen molar-refractivity contribution in [2.24, 2.45) is 5.92 Å². The molecule has 0 bridgehead atoms. The van der Waals surface area contributed by atoms with E-state index in [9.17, 15) is 9.59 Å². The first-order chi connectivity index (χ1) is 11.4. The van der Waals surface area contributed by atoms with E-state index in [1.807, 2.05) is 56.3 Å². The summed E-state index contributed by atoms with van der Waals surface area (Å²) in [6.45, 7) is 4.40. The van der Waals surface area contributed by atoms with Gasteiger partial charge in [-0.25, -0.2) is 0 Å². The predicted molar refractivity (Wildman–Crippen MR) is 99.1 cm³/mol. The van der Waals surface area contributed by atoms with E-state index in [4.69, 9.17) is 0 Å². The maximum Gasteiger partial charge on any atom is 0.229 e. The van der Waals surface area contributed by atoms with Crippen LogP contribution in [0.3, 0.4) is 0 Å². The second-order valence-corrected chi connectivity index (χ2v) is 7.05. The lowest BCUT2D eigenvalue weighted by Crippen LogP contribution is -2.28. The van der Waals surface area contributed by atoms with Crippen molar-refractivity contribution >= 4 is 39.1 Å². The van der Waals surface area contributed by atoms with Gasteiger partial charge in [-0.15, -0.1) is 0 Å². The van der Waals surface area contributed by atoms with Crippen LogP contribution >= 0.6 is 15.9 Å². The van der Waals surface area contributed by atoms with Gasteiger partial charge in [-0.3, -0.25) is 9.59 Å². The maximum absolute atomic E-state index is 12.5. The summed E-state index contributed by atoms with van der Waals surface area (Å²) in [5.74, 6) is -0.451. The number of nitrogens with zero attached hydrogens (tertiary/aromatic N) is 1. The normalized spacial score (nSPS) is 17.2. The van der Waals surface area contributed by atoms with Crippen molar-refractivity contribution in [3.63, 3.8) is 0 Å². The zero-order chi connectivity index (χ0) is 17.3. The van der Waals surface area contributed by atoms with Crippen LogP contribution < -0.4 is 10.2 Å². The summed E-state index contributed by atoms with van der Waals surface area (Å²) in [5, 5.41) is 2.91. The number of rotatable bonds is 3. The molecule has 0 radical (unpaired) electrons. The molecule has 0 saturated carbocycles.